The molecule has 0 bridgehead atoms. The zero-order valence-corrected chi connectivity index (χ0v) is 17.7. The lowest BCUT2D eigenvalue weighted by atomic mass is 10.0. The van der Waals surface area contributed by atoms with E-state index in [1.807, 2.05) is 0 Å². The fourth-order valence-electron chi connectivity index (χ4n) is 2.84. The number of amides is 2. The van der Waals surface area contributed by atoms with Crippen LogP contribution in [-0.4, -0.2) is 50.0 Å². The van der Waals surface area contributed by atoms with Crippen molar-refractivity contribution in [1.82, 2.24) is 25.3 Å². The molecule has 3 heterocycles. The molecule has 13 heteroatoms. The second-order valence-corrected chi connectivity index (χ2v) is 7.88. The quantitative estimate of drug-likeness (QED) is 0.405. The molecule has 0 aliphatic rings. The number of hydrogen-bond donors (Lipinski definition) is 4. The van der Waals surface area contributed by atoms with Crippen molar-refractivity contribution in [3.8, 4) is 11.4 Å². The summed E-state index contributed by atoms with van der Waals surface area (Å²) in [4.78, 5) is 39.9. The zero-order chi connectivity index (χ0) is 23.7. The van der Waals surface area contributed by atoms with Gasteiger partial charge in [-0.25, -0.2) is 15.0 Å². The topological polar surface area (TPSA) is 139 Å². The van der Waals surface area contributed by atoms with Gasteiger partial charge in [-0.05, 0) is 19.9 Å². The highest BCUT2D eigenvalue weighted by Crippen LogP contribution is 2.29. The van der Waals surface area contributed by atoms with Gasteiger partial charge in [0.15, 0.2) is 5.82 Å². The van der Waals surface area contributed by atoms with Crippen LogP contribution in [0.25, 0.3) is 22.4 Å². The van der Waals surface area contributed by atoms with Gasteiger partial charge in [-0.1, -0.05) is 11.6 Å². The van der Waals surface area contributed by atoms with Crippen molar-refractivity contribution < 1.29 is 28.5 Å². The van der Waals surface area contributed by atoms with Gasteiger partial charge in [-0.15, -0.1) is 0 Å². The normalized spacial score (nSPS) is 12.1. The summed E-state index contributed by atoms with van der Waals surface area (Å²) in [7, 11) is 0. The Hall–Kier alpha value is -3.41. The van der Waals surface area contributed by atoms with Gasteiger partial charge in [0.25, 0.3) is 5.91 Å². The van der Waals surface area contributed by atoms with Crippen LogP contribution >= 0.6 is 11.6 Å². The summed E-state index contributed by atoms with van der Waals surface area (Å²) in [6.45, 7) is 2.27. The number of fused-ring (bicyclic) bond motifs is 1. The molecule has 9 nitrogen and oxygen atoms in total. The first-order valence-electron chi connectivity index (χ1n) is 9.30. The average Bonchev–Trinajstić information content (AvgIpc) is 3.09. The second kappa shape index (κ2) is 8.61. The van der Waals surface area contributed by atoms with Crippen LogP contribution in [0, 0.1) is 0 Å². The maximum Gasteiger partial charge on any atom is 0.390 e. The number of carbonyl (C=O) groups excluding carboxylic acids is 2. The van der Waals surface area contributed by atoms with Gasteiger partial charge in [0, 0.05) is 41.8 Å². The zero-order valence-electron chi connectivity index (χ0n) is 17.0. The summed E-state index contributed by atoms with van der Waals surface area (Å²) in [5, 5.41) is 6.01. The van der Waals surface area contributed by atoms with Gasteiger partial charge >= 0.3 is 6.18 Å². The minimum absolute atomic E-state index is 0. The Labute approximate surface area is 190 Å². The number of aromatic amines is 1. The Morgan fingerprint density at radius 2 is 1.97 bits per heavy atom. The molecule has 0 spiro atoms. The summed E-state index contributed by atoms with van der Waals surface area (Å²) >= 11 is 6.02. The third-order valence-electron chi connectivity index (χ3n) is 4.49. The molecule has 0 saturated carbocycles. The SMILES string of the molecule is CC(C)(Nc1nc(-c2c[nH]c3ncc(Cl)cc23)ncc1C(N)=O)C(=O)NCCC(F)(F)F.[HH].[HH].[HH].[HH]. The second-order valence-electron chi connectivity index (χ2n) is 7.44. The van der Waals surface area contributed by atoms with Gasteiger partial charge in [0.1, 0.15) is 17.0 Å². The molecule has 0 aliphatic carbocycles. The first kappa shape index (κ1) is 23.3. The largest absolute Gasteiger partial charge is 0.390 e. The van der Waals surface area contributed by atoms with E-state index >= 15 is 0 Å². The van der Waals surface area contributed by atoms with E-state index in [0.29, 0.717) is 21.6 Å². The molecule has 3 rings (SSSR count). The third kappa shape index (κ3) is 5.25. The highest BCUT2D eigenvalue weighted by Gasteiger charge is 2.32. The number of nitrogens with two attached hydrogens (primary N) is 1. The van der Waals surface area contributed by atoms with Gasteiger partial charge in [-0.3, -0.25) is 9.59 Å². The number of alkyl halides is 3. The minimum atomic E-state index is -4.40. The van der Waals surface area contributed by atoms with Crippen LogP contribution in [-0.2, 0) is 4.79 Å². The molecule has 3 aromatic heterocycles. The first-order valence-corrected chi connectivity index (χ1v) is 9.68. The van der Waals surface area contributed by atoms with E-state index in [9.17, 15) is 22.8 Å². The van der Waals surface area contributed by atoms with Crippen LogP contribution in [0.15, 0.2) is 24.7 Å². The number of primary amides is 1. The van der Waals surface area contributed by atoms with Crippen LogP contribution < -0.4 is 16.4 Å². The maximum absolute atomic E-state index is 12.4. The number of hydrogen-bond acceptors (Lipinski definition) is 6. The molecule has 0 saturated heterocycles. The highest BCUT2D eigenvalue weighted by atomic mass is 35.5. The Balaban J connectivity index is 0. The molecule has 0 fully saturated rings. The number of rotatable bonds is 7. The van der Waals surface area contributed by atoms with Gasteiger partial charge < -0.3 is 21.4 Å². The summed E-state index contributed by atoms with van der Waals surface area (Å²) in [5.74, 6) is -1.44. The standard InChI is InChI=1S/C19H19ClF3N7O2.4H2/c1-18(2,17(32)25-4-3-19(21,22)23)30-16-12(13(24)31)8-28-15(29-16)11-7-27-14-10(11)5-9(20)6-26-14;;;;/h5-8H,3-4H2,1-2H3,(H2,24,31)(H,25,32)(H,26,27)(H,28,29,30);4*1H. The van der Waals surface area contributed by atoms with Crippen molar-refractivity contribution >= 4 is 40.3 Å². The predicted molar refractivity (Wildman–Crippen MR) is 120 cm³/mol. The number of nitrogens with zero attached hydrogens (tertiary/aromatic N) is 3. The highest BCUT2D eigenvalue weighted by molar-refractivity contribution is 6.31. The van der Waals surface area contributed by atoms with E-state index in [0.717, 1.165) is 0 Å². The van der Waals surface area contributed by atoms with Crippen LogP contribution in [0.5, 0.6) is 0 Å². The van der Waals surface area contributed by atoms with Crippen LogP contribution in [0.2, 0.25) is 5.02 Å². The van der Waals surface area contributed by atoms with E-state index in [1.165, 1.54) is 26.2 Å². The van der Waals surface area contributed by atoms with Crippen LogP contribution in [0.4, 0.5) is 19.0 Å². The summed E-state index contributed by atoms with van der Waals surface area (Å²) in [6.07, 6.45) is -1.31. The number of aromatic nitrogens is 4. The van der Waals surface area contributed by atoms with E-state index in [-0.39, 0.29) is 22.9 Å². The van der Waals surface area contributed by atoms with E-state index in [2.05, 4.69) is 30.6 Å². The average molecular weight is 478 g/mol. The fraction of sp³-hybridized carbons (Fsp3) is 0.316. The molecule has 178 valence electrons. The summed E-state index contributed by atoms with van der Waals surface area (Å²) in [6, 6.07) is 1.66. The predicted octanol–water partition coefficient (Wildman–Crippen LogP) is 4.02. The van der Waals surface area contributed by atoms with Gasteiger partial charge in [0.05, 0.1) is 17.0 Å². The summed E-state index contributed by atoms with van der Waals surface area (Å²) in [5.41, 5.74) is 4.94. The number of nitrogens with one attached hydrogen (secondary N) is 3. The molecule has 0 aromatic carbocycles. The molecule has 32 heavy (non-hydrogen) atoms. The van der Waals surface area contributed by atoms with E-state index in [1.54, 1.807) is 12.3 Å². The van der Waals surface area contributed by atoms with Gasteiger partial charge in [-0.2, -0.15) is 13.2 Å². The Morgan fingerprint density at radius 3 is 2.62 bits per heavy atom. The number of anilines is 1. The van der Waals surface area contributed by atoms with Crippen molar-refractivity contribution in [3.05, 3.63) is 35.2 Å². The molecule has 0 unspecified atom stereocenters. The minimum Gasteiger partial charge on any atom is -0.365 e. The van der Waals surface area contributed by atoms with Crippen LogP contribution in [0.1, 0.15) is 36.3 Å². The molecule has 0 aliphatic heterocycles. The lowest BCUT2D eigenvalue weighted by Gasteiger charge is -2.26. The fourth-order valence-corrected chi connectivity index (χ4v) is 3.00. The molecular formula is C19H27ClF3N7O2. The molecule has 0 atom stereocenters. The van der Waals surface area contributed by atoms with E-state index < -0.39 is 36.5 Å². The molecule has 2 amide bonds. The lowest BCUT2D eigenvalue weighted by molar-refractivity contribution is -0.136. The van der Waals surface area contributed by atoms with Crippen molar-refractivity contribution in [1.29, 1.82) is 0 Å². The number of carbonyl (C=O) groups is 2. The molecule has 0 radical (unpaired) electrons. The first-order chi connectivity index (χ1) is 14.9. The number of pyridine rings is 1. The van der Waals surface area contributed by atoms with Crippen molar-refractivity contribution in [3.63, 3.8) is 0 Å². The smallest absolute Gasteiger partial charge is 0.365 e. The van der Waals surface area contributed by atoms with Crippen LogP contribution in [0.3, 0.4) is 0 Å². The molecule has 5 N–H and O–H groups in total. The Bertz CT molecular complexity index is 1200. The van der Waals surface area contributed by atoms with E-state index in [4.69, 9.17) is 17.3 Å². The summed E-state index contributed by atoms with van der Waals surface area (Å²) < 4.78 is 37.1. The number of H-pyrrole nitrogens is 1. The van der Waals surface area contributed by atoms with Crippen molar-refractivity contribution in [2.45, 2.75) is 32.0 Å². The van der Waals surface area contributed by atoms with Gasteiger partial charge in [0.2, 0.25) is 5.91 Å². The monoisotopic (exact) mass is 477 g/mol. The Kier molecular flexibility index (Phi) is 6.26. The Morgan fingerprint density at radius 1 is 1.25 bits per heavy atom. The maximum atomic E-state index is 12.4. The molecular weight excluding hydrogens is 451 g/mol. The van der Waals surface area contributed by atoms with Crippen molar-refractivity contribution in [2.75, 3.05) is 11.9 Å². The molecule has 3 aromatic rings. The number of halogens is 4. The lowest BCUT2D eigenvalue weighted by Crippen LogP contribution is -2.49. The third-order valence-corrected chi connectivity index (χ3v) is 4.69. The van der Waals surface area contributed by atoms with Crippen molar-refractivity contribution in [2.24, 2.45) is 5.73 Å².